The first kappa shape index (κ1) is 14.4. The third-order valence-corrected chi connectivity index (χ3v) is 3.44. The summed E-state index contributed by atoms with van der Waals surface area (Å²) in [5.41, 5.74) is 6.05. The summed E-state index contributed by atoms with van der Waals surface area (Å²) in [6, 6.07) is -0.618. The van der Waals surface area contributed by atoms with Crippen molar-refractivity contribution in [2.45, 2.75) is 26.8 Å². The van der Waals surface area contributed by atoms with Crippen molar-refractivity contribution in [2.75, 3.05) is 13.6 Å². The molecule has 0 fully saturated rings. The molecule has 7 heteroatoms. The van der Waals surface area contributed by atoms with Crippen LogP contribution in [0.2, 0.25) is 0 Å². The lowest BCUT2D eigenvalue weighted by Crippen LogP contribution is -2.40. The Labute approximate surface area is 110 Å². The zero-order chi connectivity index (χ0) is 13.7. The molecule has 0 unspecified atom stereocenters. The Morgan fingerprint density at radius 3 is 2.72 bits per heavy atom. The van der Waals surface area contributed by atoms with Gasteiger partial charge in [-0.25, -0.2) is 9.78 Å². The Kier molecular flexibility index (Phi) is 5.08. The van der Waals surface area contributed by atoms with Gasteiger partial charge in [0.1, 0.15) is 6.54 Å². The van der Waals surface area contributed by atoms with E-state index in [4.69, 9.17) is 5.73 Å². The summed E-state index contributed by atoms with van der Waals surface area (Å²) in [7, 11) is 1.48. The lowest BCUT2D eigenvalue weighted by molar-refractivity contribution is -0.121. The molecular formula is C11H18N4O2S. The fraction of sp³-hybridized carbons (Fsp3) is 0.545. The highest BCUT2D eigenvalue weighted by Crippen LogP contribution is 2.18. The van der Waals surface area contributed by atoms with E-state index in [1.54, 1.807) is 11.3 Å². The van der Waals surface area contributed by atoms with Gasteiger partial charge in [-0.1, -0.05) is 6.92 Å². The number of amides is 3. The highest BCUT2D eigenvalue weighted by atomic mass is 32.1. The molecule has 100 valence electrons. The van der Waals surface area contributed by atoms with E-state index >= 15 is 0 Å². The van der Waals surface area contributed by atoms with Crippen molar-refractivity contribution >= 4 is 23.3 Å². The first-order valence-electron chi connectivity index (χ1n) is 5.66. The van der Waals surface area contributed by atoms with Gasteiger partial charge < -0.3 is 16.0 Å². The summed E-state index contributed by atoms with van der Waals surface area (Å²) < 4.78 is 0. The number of nitrogens with one attached hydrogen (secondary N) is 1. The summed E-state index contributed by atoms with van der Waals surface area (Å²) in [4.78, 5) is 28.9. The number of carbonyl (C=O) groups excluding carboxylic acids is 2. The van der Waals surface area contributed by atoms with Gasteiger partial charge in [-0.2, -0.15) is 0 Å². The normalized spacial score (nSPS) is 10.2. The number of rotatable bonds is 5. The number of primary amides is 1. The smallest absolute Gasteiger partial charge is 0.314 e. The fourth-order valence-corrected chi connectivity index (χ4v) is 2.42. The number of likely N-dealkylation sites (N-methyl/N-ethyl adjacent to an activating group) is 1. The largest absolute Gasteiger partial charge is 0.351 e. The molecule has 1 rings (SSSR count). The lowest BCUT2D eigenvalue weighted by Gasteiger charge is -2.13. The zero-order valence-electron chi connectivity index (χ0n) is 10.8. The Bertz CT molecular complexity index is 444. The number of nitrogens with zero attached hydrogens (tertiary/aromatic N) is 2. The van der Waals surface area contributed by atoms with Crippen LogP contribution in [0.4, 0.5) is 4.79 Å². The molecule has 3 N–H and O–H groups in total. The van der Waals surface area contributed by atoms with Crippen molar-refractivity contribution in [2.24, 2.45) is 5.73 Å². The van der Waals surface area contributed by atoms with Crippen LogP contribution in [0.1, 0.15) is 22.5 Å². The number of nitrogens with two attached hydrogens (primary N) is 1. The van der Waals surface area contributed by atoms with E-state index in [1.807, 2.05) is 13.8 Å². The molecule has 0 aromatic carbocycles. The molecule has 1 aromatic heterocycles. The van der Waals surface area contributed by atoms with Gasteiger partial charge in [0.15, 0.2) is 0 Å². The molecule has 6 nitrogen and oxygen atoms in total. The van der Waals surface area contributed by atoms with Gasteiger partial charge in [-0.15, -0.1) is 11.3 Å². The van der Waals surface area contributed by atoms with Crippen LogP contribution in [0, 0.1) is 6.92 Å². The molecule has 0 spiro atoms. The minimum absolute atomic E-state index is 0.0332. The molecule has 1 heterocycles. The Balaban J connectivity index is 2.49. The van der Waals surface area contributed by atoms with E-state index in [-0.39, 0.29) is 12.5 Å². The van der Waals surface area contributed by atoms with Crippen LogP contribution >= 0.6 is 11.3 Å². The van der Waals surface area contributed by atoms with E-state index in [2.05, 4.69) is 10.3 Å². The Hall–Kier alpha value is -1.63. The average molecular weight is 270 g/mol. The summed E-state index contributed by atoms with van der Waals surface area (Å²) >= 11 is 1.58. The van der Waals surface area contributed by atoms with E-state index in [0.29, 0.717) is 6.54 Å². The second kappa shape index (κ2) is 6.34. The van der Waals surface area contributed by atoms with Crippen LogP contribution in [-0.2, 0) is 17.8 Å². The molecular weight excluding hydrogens is 252 g/mol. The maximum Gasteiger partial charge on any atom is 0.314 e. The molecule has 1 aromatic rings. The van der Waals surface area contributed by atoms with Crippen molar-refractivity contribution in [3.63, 3.8) is 0 Å². The van der Waals surface area contributed by atoms with Crippen molar-refractivity contribution in [3.8, 4) is 0 Å². The molecule has 0 bridgehead atoms. The molecule has 0 radical (unpaired) electrons. The van der Waals surface area contributed by atoms with Crippen LogP contribution in [0.15, 0.2) is 0 Å². The van der Waals surface area contributed by atoms with Gasteiger partial charge in [0.05, 0.1) is 17.2 Å². The highest BCUT2D eigenvalue weighted by molar-refractivity contribution is 7.11. The van der Waals surface area contributed by atoms with E-state index in [9.17, 15) is 9.59 Å². The van der Waals surface area contributed by atoms with Gasteiger partial charge >= 0.3 is 6.03 Å². The van der Waals surface area contributed by atoms with Crippen molar-refractivity contribution < 1.29 is 9.59 Å². The predicted octanol–water partition coefficient (Wildman–Crippen LogP) is 0.641. The number of thiazole rings is 1. The maximum absolute atomic E-state index is 11.6. The fourth-order valence-electron chi connectivity index (χ4n) is 1.45. The topological polar surface area (TPSA) is 88.3 Å². The number of hydrogen-bond donors (Lipinski definition) is 2. The second-order valence-electron chi connectivity index (χ2n) is 3.93. The van der Waals surface area contributed by atoms with Gasteiger partial charge in [-0.3, -0.25) is 4.79 Å². The van der Waals surface area contributed by atoms with Gasteiger partial charge in [0.2, 0.25) is 5.91 Å². The molecule has 0 aliphatic carbocycles. The zero-order valence-corrected chi connectivity index (χ0v) is 11.6. The van der Waals surface area contributed by atoms with Gasteiger partial charge in [0, 0.05) is 11.9 Å². The van der Waals surface area contributed by atoms with Crippen LogP contribution < -0.4 is 11.1 Å². The molecule has 3 amide bonds. The van der Waals surface area contributed by atoms with E-state index < -0.39 is 6.03 Å². The SMILES string of the molecule is CCc1nc(C)sc1CNC(=O)CN(C)C(N)=O. The van der Waals surface area contributed by atoms with Crippen molar-refractivity contribution in [1.29, 1.82) is 0 Å². The van der Waals surface area contributed by atoms with Gasteiger partial charge in [-0.05, 0) is 13.3 Å². The monoisotopic (exact) mass is 270 g/mol. The number of aryl methyl sites for hydroxylation is 2. The second-order valence-corrected chi connectivity index (χ2v) is 5.22. The van der Waals surface area contributed by atoms with Crippen molar-refractivity contribution in [1.82, 2.24) is 15.2 Å². The minimum Gasteiger partial charge on any atom is -0.351 e. The molecule has 0 saturated carbocycles. The van der Waals surface area contributed by atoms with Crippen LogP contribution in [0.25, 0.3) is 0 Å². The van der Waals surface area contributed by atoms with Crippen LogP contribution in [0.3, 0.4) is 0 Å². The van der Waals surface area contributed by atoms with Gasteiger partial charge in [0.25, 0.3) is 0 Å². The Morgan fingerprint density at radius 1 is 1.50 bits per heavy atom. The third-order valence-electron chi connectivity index (χ3n) is 2.42. The highest BCUT2D eigenvalue weighted by Gasteiger charge is 2.11. The molecule has 0 aliphatic rings. The quantitative estimate of drug-likeness (QED) is 0.823. The first-order chi connectivity index (χ1) is 8.43. The van der Waals surface area contributed by atoms with Crippen LogP contribution in [0.5, 0.6) is 0 Å². The Morgan fingerprint density at radius 2 is 2.17 bits per heavy atom. The van der Waals surface area contributed by atoms with Crippen molar-refractivity contribution in [3.05, 3.63) is 15.6 Å². The number of carbonyl (C=O) groups is 2. The lowest BCUT2D eigenvalue weighted by atomic mass is 10.3. The summed E-state index contributed by atoms with van der Waals surface area (Å²) in [6.45, 7) is 4.38. The van der Waals surface area contributed by atoms with Crippen LogP contribution in [-0.4, -0.2) is 35.4 Å². The molecule has 0 atom stereocenters. The number of hydrogen-bond acceptors (Lipinski definition) is 4. The average Bonchev–Trinajstić information content (AvgIpc) is 2.66. The first-order valence-corrected chi connectivity index (χ1v) is 6.48. The maximum atomic E-state index is 11.6. The molecule has 18 heavy (non-hydrogen) atoms. The predicted molar refractivity (Wildman–Crippen MR) is 70.3 cm³/mol. The number of aromatic nitrogens is 1. The third kappa shape index (κ3) is 3.99. The van der Waals surface area contributed by atoms with E-state index in [0.717, 1.165) is 26.9 Å². The van der Waals surface area contributed by atoms with E-state index in [1.165, 1.54) is 7.05 Å². The minimum atomic E-state index is -0.618. The number of urea groups is 1. The summed E-state index contributed by atoms with van der Waals surface area (Å²) in [5, 5.41) is 3.75. The molecule has 0 aliphatic heterocycles. The summed E-state index contributed by atoms with van der Waals surface area (Å²) in [6.07, 6.45) is 0.844. The summed E-state index contributed by atoms with van der Waals surface area (Å²) in [5.74, 6) is -0.232. The standard InChI is InChI=1S/C11H18N4O2S/c1-4-8-9(18-7(2)14-8)5-13-10(16)6-15(3)11(12)17/h4-6H2,1-3H3,(H2,12,17)(H,13,16). The molecule has 0 saturated heterocycles.